The Labute approximate surface area is 96.7 Å². The van der Waals surface area contributed by atoms with Gasteiger partial charge >= 0.3 is 0 Å². The van der Waals surface area contributed by atoms with Crippen LogP contribution in [-0.2, 0) is 0 Å². The molecular weight excluding hydrogens is 198 g/mol. The Bertz CT molecular complexity index is 484. The minimum atomic E-state index is 0.522. The van der Waals surface area contributed by atoms with Crippen LogP contribution in [0.25, 0.3) is 11.1 Å². The number of oxazole rings is 1. The van der Waals surface area contributed by atoms with Crippen LogP contribution in [0.2, 0.25) is 0 Å². The molecule has 0 aliphatic heterocycles. The lowest BCUT2D eigenvalue weighted by molar-refractivity contribution is 0.590. The number of fused-ring (bicyclic) bond motifs is 1. The monoisotopic (exact) mass is 217 g/mol. The van der Waals surface area contributed by atoms with Gasteiger partial charge in [0.15, 0.2) is 12.0 Å². The van der Waals surface area contributed by atoms with E-state index in [1.54, 1.807) is 6.39 Å². The molecule has 1 heterocycles. The second-order valence-corrected chi connectivity index (χ2v) is 4.77. The van der Waals surface area contributed by atoms with Crippen LogP contribution in [0.3, 0.4) is 0 Å². The second-order valence-electron chi connectivity index (χ2n) is 4.77. The van der Waals surface area contributed by atoms with Crippen LogP contribution in [0, 0.1) is 0 Å². The summed E-state index contributed by atoms with van der Waals surface area (Å²) in [6.45, 7) is 8.86. The zero-order valence-electron chi connectivity index (χ0n) is 10.4. The van der Waals surface area contributed by atoms with Crippen molar-refractivity contribution in [1.82, 2.24) is 4.98 Å². The van der Waals surface area contributed by atoms with Crippen molar-refractivity contribution in [2.45, 2.75) is 46.0 Å². The Kier molecular flexibility index (Phi) is 2.99. The molecule has 0 aliphatic carbocycles. The average Bonchev–Trinajstić information content (AvgIpc) is 2.74. The maximum atomic E-state index is 5.50. The van der Waals surface area contributed by atoms with Crippen molar-refractivity contribution in [3.63, 3.8) is 0 Å². The molecule has 0 amide bonds. The van der Waals surface area contributed by atoms with Crippen molar-refractivity contribution >= 4 is 11.1 Å². The van der Waals surface area contributed by atoms with E-state index in [4.69, 9.17) is 4.42 Å². The van der Waals surface area contributed by atoms with E-state index in [1.807, 2.05) is 0 Å². The van der Waals surface area contributed by atoms with E-state index >= 15 is 0 Å². The molecule has 0 aliphatic rings. The van der Waals surface area contributed by atoms with Gasteiger partial charge in [0.1, 0.15) is 5.52 Å². The lowest BCUT2D eigenvalue weighted by Gasteiger charge is -2.13. The summed E-state index contributed by atoms with van der Waals surface area (Å²) in [7, 11) is 0. The van der Waals surface area contributed by atoms with Gasteiger partial charge in [0, 0.05) is 5.56 Å². The van der Waals surface area contributed by atoms with Crippen molar-refractivity contribution in [3.8, 4) is 0 Å². The van der Waals surface area contributed by atoms with E-state index in [-0.39, 0.29) is 0 Å². The van der Waals surface area contributed by atoms with Crippen molar-refractivity contribution in [1.29, 1.82) is 0 Å². The van der Waals surface area contributed by atoms with E-state index in [2.05, 4.69) is 44.8 Å². The summed E-state index contributed by atoms with van der Waals surface area (Å²) in [4.78, 5) is 4.27. The van der Waals surface area contributed by atoms with Gasteiger partial charge in [-0.15, -0.1) is 0 Å². The first-order valence-corrected chi connectivity index (χ1v) is 6.00. The normalized spacial score (nSPS) is 13.6. The molecule has 0 fully saturated rings. The average molecular weight is 217 g/mol. The molecule has 0 saturated carbocycles. The SMILES string of the molecule is CCC(C)c1cc(C(C)C)cc2ncoc12. The van der Waals surface area contributed by atoms with Crippen molar-refractivity contribution < 1.29 is 4.42 Å². The van der Waals surface area contributed by atoms with Crippen molar-refractivity contribution in [2.75, 3.05) is 0 Å². The minimum absolute atomic E-state index is 0.522. The maximum absolute atomic E-state index is 5.50. The van der Waals surface area contributed by atoms with E-state index in [9.17, 15) is 0 Å². The Morgan fingerprint density at radius 2 is 2.00 bits per heavy atom. The highest BCUT2D eigenvalue weighted by molar-refractivity contribution is 5.77. The van der Waals surface area contributed by atoms with Crippen LogP contribution in [0.1, 0.15) is 57.1 Å². The minimum Gasteiger partial charge on any atom is -0.443 e. The van der Waals surface area contributed by atoms with Crippen LogP contribution in [-0.4, -0.2) is 4.98 Å². The van der Waals surface area contributed by atoms with Gasteiger partial charge in [-0.3, -0.25) is 0 Å². The first-order chi connectivity index (χ1) is 7.63. The molecular formula is C14H19NO. The van der Waals surface area contributed by atoms with E-state index in [0.29, 0.717) is 11.8 Å². The summed E-state index contributed by atoms with van der Waals surface area (Å²) in [5.74, 6) is 1.05. The maximum Gasteiger partial charge on any atom is 0.181 e. The number of aromatic nitrogens is 1. The lowest BCUT2D eigenvalue weighted by atomic mass is 9.92. The summed E-state index contributed by atoms with van der Waals surface area (Å²) in [6, 6.07) is 4.40. The highest BCUT2D eigenvalue weighted by Gasteiger charge is 2.14. The molecule has 0 radical (unpaired) electrons. The number of benzene rings is 1. The third kappa shape index (κ3) is 1.84. The molecule has 2 nitrogen and oxygen atoms in total. The first-order valence-electron chi connectivity index (χ1n) is 6.00. The van der Waals surface area contributed by atoms with Crippen LogP contribution in [0.15, 0.2) is 22.9 Å². The first kappa shape index (κ1) is 11.2. The molecule has 16 heavy (non-hydrogen) atoms. The molecule has 0 saturated heterocycles. The summed E-state index contributed by atoms with van der Waals surface area (Å²) < 4.78 is 5.50. The molecule has 86 valence electrons. The zero-order chi connectivity index (χ0) is 11.7. The van der Waals surface area contributed by atoms with Crippen LogP contribution < -0.4 is 0 Å². The van der Waals surface area contributed by atoms with E-state index in [0.717, 1.165) is 17.5 Å². The molecule has 2 aromatic rings. The Hall–Kier alpha value is -1.31. The summed E-state index contributed by atoms with van der Waals surface area (Å²) in [5.41, 5.74) is 4.58. The predicted molar refractivity (Wildman–Crippen MR) is 66.8 cm³/mol. The molecule has 2 rings (SSSR count). The number of hydrogen-bond acceptors (Lipinski definition) is 2. The highest BCUT2D eigenvalue weighted by Crippen LogP contribution is 2.30. The number of hydrogen-bond donors (Lipinski definition) is 0. The third-order valence-electron chi connectivity index (χ3n) is 3.29. The van der Waals surface area contributed by atoms with Crippen molar-refractivity contribution in [3.05, 3.63) is 29.7 Å². The largest absolute Gasteiger partial charge is 0.443 e. The molecule has 1 atom stereocenters. The topological polar surface area (TPSA) is 26.0 Å². The third-order valence-corrected chi connectivity index (χ3v) is 3.29. The van der Waals surface area contributed by atoms with Crippen LogP contribution >= 0.6 is 0 Å². The van der Waals surface area contributed by atoms with Gasteiger partial charge < -0.3 is 4.42 Å². The van der Waals surface area contributed by atoms with Gasteiger partial charge in [0.05, 0.1) is 0 Å². The predicted octanol–water partition coefficient (Wildman–Crippen LogP) is 4.46. The van der Waals surface area contributed by atoms with Gasteiger partial charge in [-0.05, 0) is 29.9 Å². The molecule has 0 N–H and O–H groups in total. The summed E-state index contributed by atoms with van der Waals surface area (Å²) in [5, 5.41) is 0. The van der Waals surface area contributed by atoms with E-state index in [1.165, 1.54) is 11.1 Å². The molecule has 1 aromatic carbocycles. The second kappa shape index (κ2) is 4.28. The Morgan fingerprint density at radius 1 is 1.25 bits per heavy atom. The molecule has 2 heteroatoms. The van der Waals surface area contributed by atoms with Gasteiger partial charge in [-0.2, -0.15) is 0 Å². The quantitative estimate of drug-likeness (QED) is 0.758. The van der Waals surface area contributed by atoms with Crippen molar-refractivity contribution in [2.24, 2.45) is 0 Å². The van der Waals surface area contributed by atoms with Crippen LogP contribution in [0.4, 0.5) is 0 Å². The van der Waals surface area contributed by atoms with Gasteiger partial charge in [0.25, 0.3) is 0 Å². The molecule has 1 unspecified atom stereocenters. The standard InChI is InChI=1S/C14H19NO/c1-5-10(4)12-6-11(9(2)3)7-13-14(12)16-8-15-13/h6-10H,5H2,1-4H3. The Balaban J connectivity index is 2.63. The van der Waals surface area contributed by atoms with Crippen LogP contribution in [0.5, 0.6) is 0 Å². The summed E-state index contributed by atoms with van der Waals surface area (Å²) in [6.07, 6.45) is 2.66. The lowest BCUT2D eigenvalue weighted by Crippen LogP contribution is -1.96. The molecule has 0 spiro atoms. The number of nitrogens with zero attached hydrogens (tertiary/aromatic N) is 1. The fourth-order valence-electron chi connectivity index (χ4n) is 1.94. The Morgan fingerprint density at radius 3 is 2.62 bits per heavy atom. The van der Waals surface area contributed by atoms with Gasteiger partial charge in [0.2, 0.25) is 0 Å². The van der Waals surface area contributed by atoms with Gasteiger partial charge in [-0.25, -0.2) is 4.98 Å². The molecule has 0 bridgehead atoms. The number of rotatable bonds is 3. The zero-order valence-corrected chi connectivity index (χ0v) is 10.4. The van der Waals surface area contributed by atoms with Gasteiger partial charge in [-0.1, -0.05) is 33.8 Å². The smallest absolute Gasteiger partial charge is 0.181 e. The fourth-order valence-corrected chi connectivity index (χ4v) is 1.94. The fraction of sp³-hybridized carbons (Fsp3) is 0.500. The summed E-state index contributed by atoms with van der Waals surface area (Å²) >= 11 is 0. The van der Waals surface area contributed by atoms with E-state index < -0.39 is 0 Å². The molecule has 1 aromatic heterocycles. The highest BCUT2D eigenvalue weighted by atomic mass is 16.3.